The lowest BCUT2D eigenvalue weighted by atomic mass is 10.1. The van der Waals surface area contributed by atoms with Crippen LogP contribution in [0, 0.1) is 6.92 Å². The number of methoxy groups -OCH3 is 1. The number of rotatable bonds is 4. The Morgan fingerprint density at radius 2 is 1.72 bits per heavy atom. The molecule has 0 radical (unpaired) electrons. The molecule has 2 aromatic carbocycles. The molecule has 0 amide bonds. The van der Waals surface area contributed by atoms with Gasteiger partial charge in [0.25, 0.3) is 0 Å². The fraction of sp³-hybridized carbons (Fsp3) is 0.158. The summed E-state index contributed by atoms with van der Waals surface area (Å²) in [4.78, 5) is 23.8. The van der Waals surface area contributed by atoms with E-state index < -0.39 is 5.97 Å². The number of carbonyl (C=O) groups is 1. The minimum atomic E-state index is -0.444. The zero-order valence-electron chi connectivity index (χ0n) is 14.0. The summed E-state index contributed by atoms with van der Waals surface area (Å²) in [6, 6.07) is 10.1. The number of aryl methyl sites for hydroxylation is 1. The van der Waals surface area contributed by atoms with Crippen molar-refractivity contribution in [2.75, 3.05) is 7.11 Å². The van der Waals surface area contributed by atoms with E-state index in [0.717, 1.165) is 0 Å². The lowest BCUT2D eigenvalue weighted by Crippen LogP contribution is -2.07. The normalized spacial score (nSPS) is 10.5. The molecule has 6 nitrogen and oxygen atoms in total. The van der Waals surface area contributed by atoms with Gasteiger partial charge < -0.3 is 18.6 Å². The molecule has 25 heavy (non-hydrogen) atoms. The lowest BCUT2D eigenvalue weighted by Gasteiger charge is -2.11. The number of hydrogen-bond acceptors (Lipinski definition) is 6. The first kappa shape index (κ1) is 16.6. The van der Waals surface area contributed by atoms with Crippen LogP contribution in [-0.4, -0.2) is 13.1 Å². The van der Waals surface area contributed by atoms with Gasteiger partial charge in [0.15, 0.2) is 11.5 Å². The Morgan fingerprint density at radius 1 is 1.00 bits per heavy atom. The Balaban J connectivity index is 2.06. The quantitative estimate of drug-likeness (QED) is 0.531. The van der Waals surface area contributed by atoms with Gasteiger partial charge in [-0.2, -0.15) is 0 Å². The molecule has 6 heteroatoms. The molecule has 0 aliphatic rings. The van der Waals surface area contributed by atoms with Gasteiger partial charge in [0.2, 0.25) is 11.2 Å². The maximum atomic E-state index is 12.7. The molecule has 3 aromatic rings. The molecule has 0 saturated carbocycles. The van der Waals surface area contributed by atoms with Gasteiger partial charge in [-0.05, 0) is 31.2 Å². The molecule has 0 N–H and O–H groups in total. The number of para-hydroxylation sites is 2. The second kappa shape index (κ2) is 6.68. The van der Waals surface area contributed by atoms with E-state index in [1.807, 2.05) is 0 Å². The fourth-order valence-electron chi connectivity index (χ4n) is 2.46. The first-order chi connectivity index (χ1) is 12.0. The Morgan fingerprint density at radius 3 is 2.40 bits per heavy atom. The predicted molar refractivity (Wildman–Crippen MR) is 91.6 cm³/mol. The van der Waals surface area contributed by atoms with E-state index in [0.29, 0.717) is 33.8 Å². The maximum Gasteiger partial charge on any atom is 0.308 e. The van der Waals surface area contributed by atoms with Crippen molar-refractivity contribution in [2.24, 2.45) is 0 Å². The number of benzene rings is 2. The van der Waals surface area contributed by atoms with Gasteiger partial charge in [-0.15, -0.1) is 0 Å². The Kier molecular flexibility index (Phi) is 4.43. The van der Waals surface area contributed by atoms with E-state index in [4.69, 9.17) is 18.6 Å². The van der Waals surface area contributed by atoms with Crippen LogP contribution in [0.15, 0.2) is 51.9 Å². The molecule has 1 aromatic heterocycles. The zero-order valence-corrected chi connectivity index (χ0v) is 14.0. The monoisotopic (exact) mass is 340 g/mol. The fourth-order valence-corrected chi connectivity index (χ4v) is 2.46. The van der Waals surface area contributed by atoms with Gasteiger partial charge in [-0.1, -0.05) is 12.1 Å². The molecule has 0 spiro atoms. The topological polar surface area (TPSA) is 75.0 Å². The second-order valence-electron chi connectivity index (χ2n) is 5.34. The van der Waals surface area contributed by atoms with Gasteiger partial charge in [0.05, 0.1) is 12.5 Å². The molecule has 3 rings (SSSR count). The predicted octanol–water partition coefficient (Wildman–Crippen LogP) is 3.83. The lowest BCUT2D eigenvalue weighted by molar-refractivity contribution is -0.131. The molecular formula is C19H16O6. The van der Waals surface area contributed by atoms with Crippen molar-refractivity contribution in [3.05, 3.63) is 58.4 Å². The minimum Gasteiger partial charge on any atom is -0.493 e. The molecule has 0 fully saturated rings. The Bertz CT molecular complexity index is 1000. The van der Waals surface area contributed by atoms with Crippen LogP contribution in [0.4, 0.5) is 0 Å². The zero-order chi connectivity index (χ0) is 18.0. The number of ether oxygens (including phenoxy) is 3. The Labute approximate surface area is 143 Å². The molecule has 128 valence electrons. The molecule has 0 aliphatic carbocycles. The summed E-state index contributed by atoms with van der Waals surface area (Å²) in [5.74, 6) is 0.854. The molecule has 0 aliphatic heterocycles. The van der Waals surface area contributed by atoms with E-state index >= 15 is 0 Å². The average molecular weight is 340 g/mol. The number of fused-ring (bicyclic) bond motifs is 1. The summed E-state index contributed by atoms with van der Waals surface area (Å²) in [6.07, 6.45) is 1.24. The highest BCUT2D eigenvalue weighted by Crippen LogP contribution is 2.32. The van der Waals surface area contributed by atoms with Gasteiger partial charge in [0.1, 0.15) is 17.6 Å². The summed E-state index contributed by atoms with van der Waals surface area (Å²) < 4.78 is 21.5. The van der Waals surface area contributed by atoms with Crippen LogP contribution in [0.5, 0.6) is 23.0 Å². The van der Waals surface area contributed by atoms with Crippen molar-refractivity contribution in [3.63, 3.8) is 0 Å². The molecule has 0 saturated heterocycles. The highest BCUT2D eigenvalue weighted by Gasteiger charge is 2.15. The molecule has 1 heterocycles. The van der Waals surface area contributed by atoms with Crippen molar-refractivity contribution in [1.82, 2.24) is 0 Å². The first-order valence-electron chi connectivity index (χ1n) is 7.55. The molecule has 0 unspecified atom stereocenters. The van der Waals surface area contributed by atoms with Crippen molar-refractivity contribution in [3.8, 4) is 23.0 Å². The highest BCUT2D eigenvalue weighted by atomic mass is 16.5. The van der Waals surface area contributed by atoms with Crippen molar-refractivity contribution < 1.29 is 23.4 Å². The third kappa shape index (κ3) is 3.19. The summed E-state index contributed by atoms with van der Waals surface area (Å²) >= 11 is 0. The van der Waals surface area contributed by atoms with Crippen LogP contribution in [0.1, 0.15) is 12.5 Å². The maximum absolute atomic E-state index is 12.7. The summed E-state index contributed by atoms with van der Waals surface area (Å²) in [5.41, 5.74) is 0.578. The Hall–Kier alpha value is -3.28. The van der Waals surface area contributed by atoms with Gasteiger partial charge in [0, 0.05) is 12.5 Å². The highest BCUT2D eigenvalue weighted by molar-refractivity contribution is 5.84. The third-order valence-corrected chi connectivity index (χ3v) is 3.65. The van der Waals surface area contributed by atoms with Crippen LogP contribution in [0.2, 0.25) is 0 Å². The average Bonchev–Trinajstić information content (AvgIpc) is 2.60. The van der Waals surface area contributed by atoms with E-state index in [9.17, 15) is 9.59 Å². The van der Waals surface area contributed by atoms with Crippen LogP contribution in [0.3, 0.4) is 0 Å². The van der Waals surface area contributed by atoms with Crippen LogP contribution >= 0.6 is 0 Å². The first-order valence-corrected chi connectivity index (χ1v) is 7.55. The van der Waals surface area contributed by atoms with Crippen LogP contribution in [-0.2, 0) is 4.79 Å². The van der Waals surface area contributed by atoms with Gasteiger partial charge in [-0.3, -0.25) is 9.59 Å². The third-order valence-electron chi connectivity index (χ3n) is 3.65. The van der Waals surface area contributed by atoms with E-state index in [-0.39, 0.29) is 11.2 Å². The van der Waals surface area contributed by atoms with E-state index in [1.54, 1.807) is 43.3 Å². The van der Waals surface area contributed by atoms with Crippen LogP contribution < -0.4 is 19.6 Å². The standard InChI is InChI=1S/C19H16O6/c1-11-14(24-12(2)20)9-8-13-18(21)17(10-23-19(11)13)25-16-7-5-4-6-15(16)22-3/h4-10H,1-3H3. The van der Waals surface area contributed by atoms with Crippen molar-refractivity contribution >= 4 is 16.9 Å². The van der Waals surface area contributed by atoms with Gasteiger partial charge >= 0.3 is 5.97 Å². The molecular weight excluding hydrogens is 324 g/mol. The summed E-state index contributed by atoms with van der Waals surface area (Å²) in [6.45, 7) is 3.02. The van der Waals surface area contributed by atoms with E-state index in [1.165, 1.54) is 20.3 Å². The van der Waals surface area contributed by atoms with E-state index in [2.05, 4.69) is 0 Å². The van der Waals surface area contributed by atoms with Crippen molar-refractivity contribution in [1.29, 1.82) is 0 Å². The smallest absolute Gasteiger partial charge is 0.308 e. The SMILES string of the molecule is COc1ccccc1Oc1coc2c(C)c(OC(C)=O)ccc2c1=O. The van der Waals surface area contributed by atoms with Crippen LogP contribution in [0.25, 0.3) is 11.0 Å². The molecule has 0 bridgehead atoms. The minimum absolute atomic E-state index is 0.0386. The number of hydrogen-bond donors (Lipinski definition) is 0. The van der Waals surface area contributed by atoms with Gasteiger partial charge in [-0.25, -0.2) is 0 Å². The molecule has 0 atom stereocenters. The van der Waals surface area contributed by atoms with Crippen molar-refractivity contribution in [2.45, 2.75) is 13.8 Å². The summed E-state index contributed by atoms with van der Waals surface area (Å²) in [5, 5.41) is 0.334. The summed E-state index contributed by atoms with van der Waals surface area (Å²) in [7, 11) is 1.52. The number of carbonyl (C=O) groups excluding carboxylic acids is 1. The second-order valence-corrected chi connectivity index (χ2v) is 5.34. The number of esters is 1. The largest absolute Gasteiger partial charge is 0.493 e.